The minimum atomic E-state index is 0.921. The highest BCUT2D eigenvalue weighted by Gasteiger charge is 2.17. The van der Waals surface area contributed by atoms with Crippen LogP contribution in [0.4, 0.5) is 5.82 Å². The summed E-state index contributed by atoms with van der Waals surface area (Å²) in [5, 5.41) is 11.5. The number of nitrogens with one attached hydrogen (secondary N) is 1. The van der Waals surface area contributed by atoms with Crippen molar-refractivity contribution in [2.45, 2.75) is 58.9 Å². The third-order valence-corrected chi connectivity index (χ3v) is 4.05. The lowest BCUT2D eigenvalue weighted by Crippen LogP contribution is -2.17. The molecule has 2 rings (SSSR count). The largest absolute Gasteiger partial charge is 0.369 e. The predicted molar refractivity (Wildman–Crippen MR) is 74.5 cm³/mol. The van der Waals surface area contributed by atoms with E-state index >= 15 is 0 Å². The predicted octanol–water partition coefficient (Wildman–Crippen LogP) is 3.32. The van der Waals surface area contributed by atoms with E-state index in [9.17, 15) is 0 Å². The molecule has 0 atom stereocenters. The first kappa shape index (κ1) is 13.4. The van der Waals surface area contributed by atoms with Crippen molar-refractivity contribution in [3.05, 3.63) is 6.20 Å². The molecule has 0 saturated heterocycles. The fraction of sp³-hybridized carbons (Fsp3) is 0.857. The fourth-order valence-electron chi connectivity index (χ4n) is 2.79. The average Bonchev–Trinajstić information content (AvgIpc) is 2.80. The Morgan fingerprint density at radius 1 is 1.33 bits per heavy atom. The van der Waals surface area contributed by atoms with Gasteiger partial charge in [0.15, 0.2) is 0 Å². The van der Waals surface area contributed by atoms with E-state index in [1.165, 1.54) is 32.1 Å². The van der Waals surface area contributed by atoms with E-state index in [0.29, 0.717) is 0 Å². The Hall–Kier alpha value is -1.06. The Kier molecular flexibility index (Phi) is 5.02. The second-order valence-electron chi connectivity index (χ2n) is 5.68. The first-order valence-corrected chi connectivity index (χ1v) is 7.42. The van der Waals surface area contributed by atoms with E-state index < -0.39 is 0 Å². The number of rotatable bonds is 6. The second-order valence-corrected chi connectivity index (χ2v) is 5.68. The summed E-state index contributed by atoms with van der Waals surface area (Å²) in [6.45, 7) is 6.54. The summed E-state index contributed by atoms with van der Waals surface area (Å²) in [6.07, 6.45) is 9.87. The summed E-state index contributed by atoms with van der Waals surface area (Å²) in [4.78, 5) is 0. The number of nitrogens with zero attached hydrogens (tertiary/aromatic N) is 3. The van der Waals surface area contributed by atoms with Gasteiger partial charge in [-0.1, -0.05) is 44.7 Å². The molecule has 0 bridgehead atoms. The van der Waals surface area contributed by atoms with Crippen molar-refractivity contribution >= 4 is 5.82 Å². The highest BCUT2D eigenvalue weighted by Crippen LogP contribution is 2.30. The first-order valence-electron chi connectivity index (χ1n) is 7.42. The molecule has 1 aliphatic rings. The molecule has 1 N–H and O–H groups in total. The van der Waals surface area contributed by atoms with Gasteiger partial charge in [0.05, 0.1) is 6.20 Å². The van der Waals surface area contributed by atoms with Crippen LogP contribution < -0.4 is 5.32 Å². The van der Waals surface area contributed by atoms with Crippen LogP contribution in [0.3, 0.4) is 0 Å². The van der Waals surface area contributed by atoms with Crippen LogP contribution in [-0.4, -0.2) is 21.5 Å². The van der Waals surface area contributed by atoms with Gasteiger partial charge in [-0.2, -0.15) is 0 Å². The maximum atomic E-state index is 4.09. The Morgan fingerprint density at radius 2 is 2.11 bits per heavy atom. The van der Waals surface area contributed by atoms with Gasteiger partial charge >= 0.3 is 0 Å². The number of aromatic nitrogens is 3. The Morgan fingerprint density at radius 3 is 2.83 bits per heavy atom. The van der Waals surface area contributed by atoms with Crippen LogP contribution in [-0.2, 0) is 6.54 Å². The monoisotopic (exact) mass is 250 g/mol. The van der Waals surface area contributed by atoms with Crippen LogP contribution in [0.5, 0.6) is 0 Å². The molecule has 0 radical (unpaired) electrons. The molecule has 0 amide bonds. The number of anilines is 1. The van der Waals surface area contributed by atoms with E-state index in [0.717, 1.165) is 37.2 Å². The van der Waals surface area contributed by atoms with Crippen LogP contribution in [0.15, 0.2) is 6.20 Å². The Bertz CT molecular complexity index is 339. The van der Waals surface area contributed by atoms with Gasteiger partial charge in [-0.05, 0) is 24.7 Å². The molecule has 1 heterocycles. The molecule has 0 aromatic carbocycles. The number of hydrogen-bond acceptors (Lipinski definition) is 3. The van der Waals surface area contributed by atoms with Crippen LogP contribution in [0, 0.1) is 11.8 Å². The molecule has 1 aromatic heterocycles. The standard InChI is InChI=1S/C14H26N4/c1-3-10-18-14(11-16-17-18)15-9-8-13-6-4-12(2)5-7-13/h11-13,15H,3-10H2,1-2H3. The van der Waals surface area contributed by atoms with E-state index in [2.05, 4.69) is 29.5 Å². The summed E-state index contributed by atoms with van der Waals surface area (Å²) in [5.41, 5.74) is 0. The van der Waals surface area contributed by atoms with Crippen molar-refractivity contribution in [1.82, 2.24) is 15.0 Å². The quantitative estimate of drug-likeness (QED) is 0.842. The van der Waals surface area contributed by atoms with Gasteiger partial charge in [0.25, 0.3) is 0 Å². The van der Waals surface area contributed by atoms with E-state index in [1.54, 1.807) is 0 Å². The van der Waals surface area contributed by atoms with Gasteiger partial charge in [-0.15, -0.1) is 5.10 Å². The molecule has 18 heavy (non-hydrogen) atoms. The highest BCUT2D eigenvalue weighted by molar-refractivity contribution is 5.30. The van der Waals surface area contributed by atoms with Crippen molar-refractivity contribution in [2.75, 3.05) is 11.9 Å². The summed E-state index contributed by atoms with van der Waals surface area (Å²) in [5.74, 6) is 2.94. The van der Waals surface area contributed by atoms with Crippen molar-refractivity contribution in [3.8, 4) is 0 Å². The van der Waals surface area contributed by atoms with E-state index in [4.69, 9.17) is 0 Å². The third kappa shape index (κ3) is 3.72. The summed E-state index contributed by atoms with van der Waals surface area (Å²) in [7, 11) is 0. The molecular formula is C14H26N4. The van der Waals surface area contributed by atoms with Crippen molar-refractivity contribution in [2.24, 2.45) is 11.8 Å². The zero-order valence-corrected chi connectivity index (χ0v) is 11.7. The molecule has 0 unspecified atom stereocenters. The average molecular weight is 250 g/mol. The maximum Gasteiger partial charge on any atom is 0.144 e. The van der Waals surface area contributed by atoms with Crippen LogP contribution in [0.25, 0.3) is 0 Å². The minimum absolute atomic E-state index is 0.921. The van der Waals surface area contributed by atoms with Gasteiger partial charge in [0.2, 0.25) is 0 Å². The highest BCUT2D eigenvalue weighted by atomic mass is 15.4. The lowest BCUT2D eigenvalue weighted by molar-refractivity contribution is 0.281. The zero-order valence-electron chi connectivity index (χ0n) is 11.7. The van der Waals surface area contributed by atoms with Crippen LogP contribution in [0.2, 0.25) is 0 Å². The normalized spacial score (nSPS) is 24.1. The summed E-state index contributed by atoms with van der Waals surface area (Å²) < 4.78 is 1.96. The summed E-state index contributed by atoms with van der Waals surface area (Å²) >= 11 is 0. The van der Waals surface area contributed by atoms with Gasteiger partial charge in [0.1, 0.15) is 5.82 Å². The van der Waals surface area contributed by atoms with Gasteiger partial charge in [0, 0.05) is 13.1 Å². The molecule has 0 spiro atoms. The van der Waals surface area contributed by atoms with Crippen LogP contribution in [0.1, 0.15) is 52.4 Å². The van der Waals surface area contributed by atoms with Crippen molar-refractivity contribution in [1.29, 1.82) is 0 Å². The first-order chi connectivity index (χ1) is 8.79. The molecule has 4 nitrogen and oxygen atoms in total. The van der Waals surface area contributed by atoms with Crippen LogP contribution >= 0.6 is 0 Å². The number of hydrogen-bond donors (Lipinski definition) is 1. The third-order valence-electron chi connectivity index (χ3n) is 4.05. The van der Waals surface area contributed by atoms with E-state index in [-0.39, 0.29) is 0 Å². The Labute approximate surface area is 110 Å². The number of aryl methyl sites for hydroxylation is 1. The van der Waals surface area contributed by atoms with Crippen molar-refractivity contribution < 1.29 is 0 Å². The zero-order chi connectivity index (χ0) is 12.8. The van der Waals surface area contributed by atoms with Gasteiger partial charge in [-0.3, -0.25) is 0 Å². The molecule has 0 aliphatic heterocycles. The van der Waals surface area contributed by atoms with Crippen molar-refractivity contribution in [3.63, 3.8) is 0 Å². The molecule has 4 heteroatoms. The molecule has 102 valence electrons. The molecule has 1 aliphatic carbocycles. The van der Waals surface area contributed by atoms with Gasteiger partial charge in [-0.25, -0.2) is 4.68 Å². The lowest BCUT2D eigenvalue weighted by atomic mass is 9.81. The fourth-order valence-corrected chi connectivity index (χ4v) is 2.79. The topological polar surface area (TPSA) is 42.7 Å². The van der Waals surface area contributed by atoms with E-state index in [1.807, 2.05) is 10.9 Å². The maximum absolute atomic E-state index is 4.09. The smallest absolute Gasteiger partial charge is 0.144 e. The molecule has 1 aromatic rings. The SMILES string of the molecule is CCCn1nncc1NCCC1CCC(C)CC1. The lowest BCUT2D eigenvalue weighted by Gasteiger charge is -2.26. The molecule has 1 fully saturated rings. The van der Waals surface area contributed by atoms with Gasteiger partial charge < -0.3 is 5.32 Å². The minimum Gasteiger partial charge on any atom is -0.369 e. The molecule has 1 saturated carbocycles. The summed E-state index contributed by atoms with van der Waals surface area (Å²) in [6, 6.07) is 0. The molecular weight excluding hydrogens is 224 g/mol. The Balaban J connectivity index is 1.70. The second kappa shape index (κ2) is 6.76.